The van der Waals surface area contributed by atoms with Crippen molar-refractivity contribution < 1.29 is 4.79 Å². The summed E-state index contributed by atoms with van der Waals surface area (Å²) in [6.07, 6.45) is 0.967. The van der Waals surface area contributed by atoms with E-state index in [2.05, 4.69) is 22.5 Å². The number of thiazole rings is 1. The molecule has 2 N–H and O–H groups in total. The molecule has 1 amide bonds. The molecule has 0 bridgehead atoms. The first-order valence-electron chi connectivity index (χ1n) is 7.79. The third-order valence-corrected chi connectivity index (χ3v) is 5.65. The highest BCUT2D eigenvalue weighted by Crippen LogP contribution is 2.29. The molecule has 2 aromatic rings. The standard InChI is InChI=1S/C17H20ClN3OS/c1-10-9-19-8-7-14(10)21-16(22)15-11(2)20-17(23-15)12-3-5-13(18)6-4-12/h3-6,10,14,19H,7-9H2,1-2H3,(H,21,22). The van der Waals surface area contributed by atoms with E-state index in [0.29, 0.717) is 15.8 Å². The lowest BCUT2D eigenvalue weighted by Gasteiger charge is -2.30. The Hall–Kier alpha value is -1.43. The summed E-state index contributed by atoms with van der Waals surface area (Å²) in [7, 11) is 0. The predicted molar refractivity (Wildman–Crippen MR) is 95.2 cm³/mol. The van der Waals surface area contributed by atoms with Gasteiger partial charge in [-0.1, -0.05) is 30.7 Å². The van der Waals surface area contributed by atoms with Crippen LogP contribution < -0.4 is 10.6 Å². The Morgan fingerprint density at radius 2 is 2.13 bits per heavy atom. The van der Waals surface area contributed by atoms with Gasteiger partial charge in [-0.15, -0.1) is 11.3 Å². The lowest BCUT2D eigenvalue weighted by atomic mass is 9.95. The van der Waals surface area contributed by atoms with Gasteiger partial charge in [0.25, 0.3) is 5.91 Å². The van der Waals surface area contributed by atoms with E-state index in [1.165, 1.54) is 11.3 Å². The molecule has 0 radical (unpaired) electrons. The molecule has 2 heterocycles. The van der Waals surface area contributed by atoms with Crippen molar-refractivity contribution in [2.45, 2.75) is 26.3 Å². The fourth-order valence-electron chi connectivity index (χ4n) is 2.79. The van der Waals surface area contributed by atoms with Crippen LogP contribution in [-0.4, -0.2) is 30.0 Å². The van der Waals surface area contributed by atoms with Gasteiger partial charge in [-0.05, 0) is 44.5 Å². The number of piperidine rings is 1. The van der Waals surface area contributed by atoms with Crippen LogP contribution in [0.3, 0.4) is 0 Å². The molecule has 6 heteroatoms. The first-order valence-corrected chi connectivity index (χ1v) is 8.99. The van der Waals surface area contributed by atoms with Crippen molar-refractivity contribution >= 4 is 28.8 Å². The van der Waals surface area contributed by atoms with Crippen molar-refractivity contribution in [1.82, 2.24) is 15.6 Å². The molecule has 4 nitrogen and oxygen atoms in total. The van der Waals surface area contributed by atoms with Crippen molar-refractivity contribution in [2.24, 2.45) is 5.92 Å². The van der Waals surface area contributed by atoms with Crippen LogP contribution in [0.1, 0.15) is 28.7 Å². The van der Waals surface area contributed by atoms with Crippen molar-refractivity contribution in [2.75, 3.05) is 13.1 Å². The maximum Gasteiger partial charge on any atom is 0.263 e. The predicted octanol–water partition coefficient (Wildman–Crippen LogP) is 3.50. The van der Waals surface area contributed by atoms with Gasteiger partial charge < -0.3 is 10.6 Å². The molecule has 1 aliphatic heterocycles. The fraction of sp³-hybridized carbons (Fsp3) is 0.412. The number of aryl methyl sites for hydroxylation is 1. The van der Waals surface area contributed by atoms with Crippen LogP contribution in [-0.2, 0) is 0 Å². The highest BCUT2D eigenvalue weighted by Gasteiger charge is 2.25. The topological polar surface area (TPSA) is 54.0 Å². The molecular weight excluding hydrogens is 330 g/mol. The van der Waals surface area contributed by atoms with Gasteiger partial charge >= 0.3 is 0 Å². The SMILES string of the molecule is Cc1nc(-c2ccc(Cl)cc2)sc1C(=O)NC1CCNCC1C. The maximum atomic E-state index is 12.6. The minimum Gasteiger partial charge on any atom is -0.348 e. The van der Waals surface area contributed by atoms with Crippen molar-refractivity contribution in [3.8, 4) is 10.6 Å². The number of rotatable bonds is 3. The van der Waals surface area contributed by atoms with Crippen LogP contribution >= 0.6 is 22.9 Å². The molecular formula is C17H20ClN3OS. The van der Waals surface area contributed by atoms with E-state index in [-0.39, 0.29) is 11.9 Å². The highest BCUT2D eigenvalue weighted by atomic mass is 35.5. The van der Waals surface area contributed by atoms with Crippen LogP contribution in [0.15, 0.2) is 24.3 Å². The summed E-state index contributed by atoms with van der Waals surface area (Å²) in [6, 6.07) is 7.76. The van der Waals surface area contributed by atoms with Gasteiger partial charge in [0.2, 0.25) is 0 Å². The Morgan fingerprint density at radius 3 is 2.83 bits per heavy atom. The monoisotopic (exact) mass is 349 g/mol. The van der Waals surface area contributed by atoms with Crippen LogP contribution in [0.2, 0.25) is 5.02 Å². The molecule has 0 saturated carbocycles. The van der Waals surface area contributed by atoms with E-state index in [9.17, 15) is 4.79 Å². The molecule has 1 aromatic heterocycles. The summed E-state index contributed by atoms with van der Waals surface area (Å²) in [4.78, 5) is 17.8. The third kappa shape index (κ3) is 3.74. The van der Waals surface area contributed by atoms with Gasteiger partial charge in [0, 0.05) is 16.6 Å². The van der Waals surface area contributed by atoms with E-state index >= 15 is 0 Å². The molecule has 0 aliphatic carbocycles. The number of hydrogen-bond donors (Lipinski definition) is 2. The minimum absolute atomic E-state index is 0.0148. The second-order valence-electron chi connectivity index (χ2n) is 5.99. The largest absolute Gasteiger partial charge is 0.348 e. The van der Waals surface area contributed by atoms with Crippen molar-refractivity contribution in [3.05, 3.63) is 39.9 Å². The smallest absolute Gasteiger partial charge is 0.263 e. The molecule has 2 unspecified atom stereocenters. The van der Waals surface area contributed by atoms with Gasteiger partial charge in [0.15, 0.2) is 0 Å². The highest BCUT2D eigenvalue weighted by molar-refractivity contribution is 7.17. The molecule has 1 fully saturated rings. The Morgan fingerprint density at radius 1 is 1.39 bits per heavy atom. The average molecular weight is 350 g/mol. The van der Waals surface area contributed by atoms with Crippen molar-refractivity contribution in [3.63, 3.8) is 0 Å². The van der Waals surface area contributed by atoms with Gasteiger partial charge in [-0.25, -0.2) is 4.98 Å². The Kier molecular flexibility index (Phi) is 4.99. The van der Waals surface area contributed by atoms with E-state index in [1.807, 2.05) is 31.2 Å². The number of carbonyl (C=O) groups excluding carboxylic acids is 1. The first kappa shape index (κ1) is 16.4. The number of aromatic nitrogens is 1. The Labute approximate surface area is 145 Å². The summed E-state index contributed by atoms with van der Waals surface area (Å²) in [5.41, 5.74) is 1.76. The minimum atomic E-state index is -0.0148. The van der Waals surface area contributed by atoms with Crippen LogP contribution in [0.5, 0.6) is 0 Å². The number of carbonyl (C=O) groups is 1. The van der Waals surface area contributed by atoms with E-state index < -0.39 is 0 Å². The molecule has 2 atom stereocenters. The normalized spacial score (nSPS) is 21.2. The van der Waals surface area contributed by atoms with Gasteiger partial charge in [-0.2, -0.15) is 0 Å². The van der Waals surface area contributed by atoms with E-state index in [1.54, 1.807) is 0 Å². The summed E-state index contributed by atoms with van der Waals surface area (Å²) < 4.78 is 0. The fourth-order valence-corrected chi connectivity index (χ4v) is 3.89. The molecule has 23 heavy (non-hydrogen) atoms. The number of nitrogens with zero attached hydrogens (tertiary/aromatic N) is 1. The Balaban J connectivity index is 1.77. The number of nitrogens with one attached hydrogen (secondary N) is 2. The van der Waals surface area contributed by atoms with E-state index in [0.717, 1.165) is 35.8 Å². The molecule has 1 aliphatic rings. The van der Waals surface area contributed by atoms with Gasteiger partial charge in [0.05, 0.1) is 5.69 Å². The second kappa shape index (κ2) is 6.99. The second-order valence-corrected chi connectivity index (χ2v) is 7.43. The first-order chi connectivity index (χ1) is 11.0. The average Bonchev–Trinajstić information content (AvgIpc) is 2.92. The zero-order valence-corrected chi connectivity index (χ0v) is 14.8. The molecule has 0 spiro atoms. The zero-order valence-electron chi connectivity index (χ0n) is 13.2. The molecule has 3 rings (SSSR count). The van der Waals surface area contributed by atoms with Crippen molar-refractivity contribution in [1.29, 1.82) is 0 Å². The Bertz CT molecular complexity index is 698. The molecule has 1 saturated heterocycles. The summed E-state index contributed by atoms with van der Waals surface area (Å²) >= 11 is 7.36. The van der Waals surface area contributed by atoms with Crippen LogP contribution in [0.25, 0.3) is 10.6 Å². The number of benzene rings is 1. The maximum absolute atomic E-state index is 12.6. The van der Waals surface area contributed by atoms with Crippen LogP contribution in [0.4, 0.5) is 0 Å². The number of hydrogen-bond acceptors (Lipinski definition) is 4. The third-order valence-electron chi connectivity index (χ3n) is 4.20. The van der Waals surface area contributed by atoms with Crippen LogP contribution in [0, 0.1) is 12.8 Å². The van der Waals surface area contributed by atoms with E-state index in [4.69, 9.17) is 11.6 Å². The summed E-state index contributed by atoms with van der Waals surface area (Å²) in [5.74, 6) is 0.427. The summed E-state index contributed by atoms with van der Waals surface area (Å²) in [6.45, 7) is 5.95. The zero-order chi connectivity index (χ0) is 16.4. The summed E-state index contributed by atoms with van der Waals surface area (Å²) in [5, 5.41) is 8.06. The molecule has 1 aromatic carbocycles. The number of halogens is 1. The quantitative estimate of drug-likeness (QED) is 0.891. The lowest BCUT2D eigenvalue weighted by molar-refractivity contribution is 0.0917. The number of amides is 1. The molecule has 122 valence electrons. The lowest BCUT2D eigenvalue weighted by Crippen LogP contribution is -2.48. The van der Waals surface area contributed by atoms with Gasteiger partial charge in [0.1, 0.15) is 9.88 Å². The van der Waals surface area contributed by atoms with Gasteiger partial charge in [-0.3, -0.25) is 4.79 Å².